The number of carbonyl (C=O) groups excluding carboxylic acids is 1. The van der Waals surface area contributed by atoms with Crippen LogP contribution in [0.3, 0.4) is 0 Å². The van der Waals surface area contributed by atoms with E-state index in [4.69, 9.17) is 14.2 Å². The summed E-state index contributed by atoms with van der Waals surface area (Å²) in [5.74, 6) is -0.350. The summed E-state index contributed by atoms with van der Waals surface area (Å²) in [6, 6.07) is 0. The van der Waals surface area contributed by atoms with Crippen LogP contribution in [0.4, 0.5) is 5.00 Å². The molecule has 0 bridgehead atoms. The van der Waals surface area contributed by atoms with Gasteiger partial charge in [-0.15, -0.1) is 0 Å². The summed E-state index contributed by atoms with van der Waals surface area (Å²) in [6.07, 6.45) is -0.0811. The second-order valence-corrected chi connectivity index (χ2v) is 4.66. The fourth-order valence-electron chi connectivity index (χ4n) is 1.54. The molecule has 0 radical (unpaired) electrons. The summed E-state index contributed by atoms with van der Waals surface area (Å²) >= 11 is 1.24. The van der Waals surface area contributed by atoms with Gasteiger partial charge in [-0.1, -0.05) is 0 Å². The van der Waals surface area contributed by atoms with E-state index in [2.05, 4.69) is 9.69 Å². The molecule has 0 aliphatic heterocycles. The SMILES string of the molecule is CCOC(=O)c1c(C)nsc1NCC(COC)OC. The van der Waals surface area contributed by atoms with Gasteiger partial charge in [0.1, 0.15) is 10.6 Å². The Balaban J connectivity index is 2.70. The largest absolute Gasteiger partial charge is 0.462 e. The van der Waals surface area contributed by atoms with Gasteiger partial charge in [-0.25, -0.2) is 4.79 Å². The molecule has 1 aromatic rings. The number of nitrogens with one attached hydrogen (secondary N) is 1. The molecule has 19 heavy (non-hydrogen) atoms. The summed E-state index contributed by atoms with van der Waals surface area (Å²) in [7, 11) is 3.24. The van der Waals surface area contributed by atoms with Crippen molar-refractivity contribution in [1.82, 2.24) is 4.37 Å². The fourth-order valence-corrected chi connectivity index (χ4v) is 2.33. The molecule has 0 saturated carbocycles. The number of hydrogen-bond acceptors (Lipinski definition) is 7. The second kappa shape index (κ2) is 8.08. The summed E-state index contributed by atoms with van der Waals surface area (Å²) in [5, 5.41) is 3.86. The summed E-state index contributed by atoms with van der Waals surface area (Å²) < 4.78 is 19.5. The summed E-state index contributed by atoms with van der Waals surface area (Å²) in [5.41, 5.74) is 1.17. The first-order chi connectivity index (χ1) is 9.13. The molecule has 0 aliphatic rings. The quantitative estimate of drug-likeness (QED) is 0.734. The van der Waals surface area contributed by atoms with E-state index in [0.29, 0.717) is 36.0 Å². The molecule has 0 spiro atoms. The van der Waals surface area contributed by atoms with Gasteiger partial charge in [0.25, 0.3) is 0 Å². The van der Waals surface area contributed by atoms with Crippen molar-refractivity contribution in [3.05, 3.63) is 11.3 Å². The van der Waals surface area contributed by atoms with Crippen LogP contribution in [-0.2, 0) is 14.2 Å². The second-order valence-electron chi connectivity index (χ2n) is 3.89. The predicted molar refractivity (Wildman–Crippen MR) is 74.0 cm³/mol. The zero-order chi connectivity index (χ0) is 14.3. The van der Waals surface area contributed by atoms with Crippen molar-refractivity contribution in [2.24, 2.45) is 0 Å². The lowest BCUT2D eigenvalue weighted by molar-refractivity contribution is 0.0365. The van der Waals surface area contributed by atoms with Crippen molar-refractivity contribution in [2.75, 3.05) is 39.3 Å². The maximum absolute atomic E-state index is 11.8. The van der Waals surface area contributed by atoms with Gasteiger partial charge in [-0.3, -0.25) is 0 Å². The number of ether oxygens (including phenoxy) is 3. The topological polar surface area (TPSA) is 69.7 Å². The van der Waals surface area contributed by atoms with Crippen LogP contribution < -0.4 is 5.32 Å². The van der Waals surface area contributed by atoms with Crippen molar-refractivity contribution in [3.8, 4) is 0 Å². The van der Waals surface area contributed by atoms with Gasteiger partial charge >= 0.3 is 5.97 Å². The highest BCUT2D eigenvalue weighted by molar-refractivity contribution is 7.10. The lowest BCUT2D eigenvalue weighted by Crippen LogP contribution is -2.26. The van der Waals surface area contributed by atoms with Crippen molar-refractivity contribution in [1.29, 1.82) is 0 Å². The highest BCUT2D eigenvalue weighted by Crippen LogP contribution is 2.25. The Morgan fingerprint density at radius 3 is 2.79 bits per heavy atom. The molecule has 1 rings (SSSR count). The first kappa shape index (κ1) is 15.9. The van der Waals surface area contributed by atoms with E-state index in [9.17, 15) is 4.79 Å². The lowest BCUT2D eigenvalue weighted by atomic mass is 10.2. The number of nitrogens with zero attached hydrogens (tertiary/aromatic N) is 1. The first-order valence-electron chi connectivity index (χ1n) is 6.03. The Kier molecular flexibility index (Phi) is 6.75. The van der Waals surface area contributed by atoms with E-state index in [1.54, 1.807) is 28.1 Å². The van der Waals surface area contributed by atoms with Gasteiger partial charge in [-0.2, -0.15) is 4.37 Å². The van der Waals surface area contributed by atoms with Crippen LogP contribution in [0, 0.1) is 6.92 Å². The van der Waals surface area contributed by atoms with Crippen LogP contribution >= 0.6 is 11.5 Å². The number of esters is 1. The number of methoxy groups -OCH3 is 2. The smallest absolute Gasteiger partial charge is 0.343 e. The molecular weight excluding hydrogens is 268 g/mol. The molecule has 0 aliphatic carbocycles. The van der Waals surface area contributed by atoms with Gasteiger partial charge < -0.3 is 19.5 Å². The molecular formula is C12H20N2O4S. The number of hydrogen-bond donors (Lipinski definition) is 1. The fraction of sp³-hybridized carbons (Fsp3) is 0.667. The van der Waals surface area contributed by atoms with Crippen LogP contribution in [0.2, 0.25) is 0 Å². The highest BCUT2D eigenvalue weighted by atomic mass is 32.1. The average Bonchev–Trinajstić information content (AvgIpc) is 2.76. The molecule has 7 heteroatoms. The minimum Gasteiger partial charge on any atom is -0.462 e. The molecule has 1 atom stereocenters. The Hall–Kier alpha value is -1.18. The minimum absolute atomic E-state index is 0.0811. The predicted octanol–water partition coefficient (Wildman–Crippen LogP) is 1.70. The normalized spacial score (nSPS) is 12.2. The van der Waals surface area contributed by atoms with Crippen LogP contribution in [0.5, 0.6) is 0 Å². The van der Waals surface area contributed by atoms with E-state index in [1.807, 2.05) is 0 Å². The number of aryl methyl sites for hydroxylation is 1. The standard InChI is InChI=1S/C12H20N2O4S/c1-5-18-12(15)10-8(2)14-19-11(10)13-6-9(17-4)7-16-3/h9,13H,5-7H2,1-4H3. The Labute approximate surface area is 117 Å². The Morgan fingerprint density at radius 2 is 2.21 bits per heavy atom. The third-order valence-electron chi connectivity index (χ3n) is 2.52. The number of anilines is 1. The van der Waals surface area contributed by atoms with Crippen LogP contribution in [-0.4, -0.2) is 50.4 Å². The molecule has 0 amide bonds. The van der Waals surface area contributed by atoms with Crippen molar-refractivity contribution in [3.63, 3.8) is 0 Å². The van der Waals surface area contributed by atoms with Crippen molar-refractivity contribution < 1.29 is 19.0 Å². The first-order valence-corrected chi connectivity index (χ1v) is 6.80. The zero-order valence-corrected chi connectivity index (χ0v) is 12.5. The van der Waals surface area contributed by atoms with E-state index in [0.717, 1.165) is 0 Å². The van der Waals surface area contributed by atoms with E-state index in [1.165, 1.54) is 11.5 Å². The third-order valence-corrected chi connectivity index (χ3v) is 3.41. The highest BCUT2D eigenvalue weighted by Gasteiger charge is 2.20. The maximum atomic E-state index is 11.8. The number of rotatable bonds is 8. The molecule has 1 N–H and O–H groups in total. The molecule has 1 heterocycles. The van der Waals surface area contributed by atoms with Crippen molar-refractivity contribution >= 4 is 22.5 Å². The van der Waals surface area contributed by atoms with Gasteiger partial charge in [0.15, 0.2) is 0 Å². The van der Waals surface area contributed by atoms with Crippen LogP contribution in [0.15, 0.2) is 0 Å². The van der Waals surface area contributed by atoms with Gasteiger partial charge in [0, 0.05) is 20.8 Å². The zero-order valence-electron chi connectivity index (χ0n) is 11.7. The van der Waals surface area contributed by atoms with Crippen LogP contribution in [0.1, 0.15) is 23.0 Å². The number of carbonyl (C=O) groups is 1. The van der Waals surface area contributed by atoms with Gasteiger partial charge in [-0.05, 0) is 25.4 Å². The molecule has 108 valence electrons. The van der Waals surface area contributed by atoms with Crippen LogP contribution in [0.25, 0.3) is 0 Å². The van der Waals surface area contributed by atoms with Gasteiger partial charge in [0.2, 0.25) is 0 Å². The molecule has 1 aromatic heterocycles. The monoisotopic (exact) mass is 288 g/mol. The van der Waals surface area contributed by atoms with E-state index in [-0.39, 0.29) is 12.1 Å². The average molecular weight is 288 g/mol. The maximum Gasteiger partial charge on any atom is 0.343 e. The minimum atomic E-state index is -0.350. The molecule has 0 saturated heterocycles. The molecule has 6 nitrogen and oxygen atoms in total. The third kappa shape index (κ3) is 4.45. The Bertz CT molecular complexity index is 408. The van der Waals surface area contributed by atoms with E-state index < -0.39 is 0 Å². The number of aromatic nitrogens is 1. The van der Waals surface area contributed by atoms with Crippen molar-refractivity contribution in [2.45, 2.75) is 20.0 Å². The molecule has 1 unspecified atom stereocenters. The van der Waals surface area contributed by atoms with Gasteiger partial charge in [0.05, 0.1) is 25.0 Å². The molecule has 0 aromatic carbocycles. The Morgan fingerprint density at radius 1 is 1.47 bits per heavy atom. The van der Waals surface area contributed by atoms with E-state index >= 15 is 0 Å². The lowest BCUT2D eigenvalue weighted by Gasteiger charge is -2.15. The summed E-state index contributed by atoms with van der Waals surface area (Å²) in [4.78, 5) is 11.8. The summed E-state index contributed by atoms with van der Waals surface area (Å²) in [6.45, 7) is 4.93. The molecule has 0 fully saturated rings.